The van der Waals surface area contributed by atoms with Crippen LogP contribution in [0.4, 0.5) is 0 Å². The highest BCUT2D eigenvalue weighted by molar-refractivity contribution is 6.02. The summed E-state index contributed by atoms with van der Waals surface area (Å²) in [6, 6.07) is 35.0. The Kier molecular flexibility index (Phi) is 3.64. The van der Waals surface area contributed by atoms with E-state index in [9.17, 15) is 0 Å². The van der Waals surface area contributed by atoms with Gasteiger partial charge in [0, 0.05) is 0 Å². The number of fused-ring (bicyclic) bond motifs is 6. The van der Waals surface area contributed by atoms with Crippen LogP contribution in [0.2, 0.25) is 0 Å². The van der Waals surface area contributed by atoms with Crippen LogP contribution in [-0.2, 0) is 0 Å². The van der Waals surface area contributed by atoms with Gasteiger partial charge < -0.3 is 0 Å². The lowest BCUT2D eigenvalue weighted by atomic mass is 10.00. The quantitative estimate of drug-likeness (QED) is 0.295. The number of rotatable bonds is 2. The van der Waals surface area contributed by atoms with Gasteiger partial charge in [-0.05, 0) is 62.1 Å². The Labute approximate surface area is 171 Å². The summed E-state index contributed by atoms with van der Waals surface area (Å²) >= 11 is 0. The van der Waals surface area contributed by atoms with Gasteiger partial charge in [0.15, 0.2) is 0 Å². The molecule has 4 aromatic rings. The average Bonchev–Trinajstić information content (AvgIpc) is 3.28. The van der Waals surface area contributed by atoms with E-state index in [1.165, 1.54) is 55.7 Å². The van der Waals surface area contributed by atoms with Crippen LogP contribution in [0.5, 0.6) is 0 Å². The maximum Gasteiger partial charge on any atom is -0.00991 e. The predicted octanol–water partition coefficient (Wildman–Crippen LogP) is 7.60. The van der Waals surface area contributed by atoms with E-state index >= 15 is 0 Å². The van der Waals surface area contributed by atoms with E-state index in [4.69, 9.17) is 0 Å². The van der Waals surface area contributed by atoms with Gasteiger partial charge in [0.1, 0.15) is 0 Å². The van der Waals surface area contributed by atoms with Crippen molar-refractivity contribution in [3.63, 3.8) is 0 Å². The average molecular weight is 368 g/mol. The SMILES string of the molecule is C(CC=C1c2ccccc2-c2ccccc21)=C1c2ccccc2-c2ccccc21. The fourth-order valence-corrected chi connectivity index (χ4v) is 4.84. The summed E-state index contributed by atoms with van der Waals surface area (Å²) in [6.45, 7) is 0. The minimum atomic E-state index is 0.913. The lowest BCUT2D eigenvalue weighted by Gasteiger charge is -2.04. The van der Waals surface area contributed by atoms with Crippen LogP contribution < -0.4 is 0 Å². The van der Waals surface area contributed by atoms with E-state index in [0.717, 1.165) is 6.42 Å². The molecule has 2 aliphatic carbocycles. The molecule has 4 aromatic carbocycles. The van der Waals surface area contributed by atoms with Crippen molar-refractivity contribution in [1.82, 2.24) is 0 Å². The fourth-order valence-electron chi connectivity index (χ4n) is 4.84. The molecule has 0 radical (unpaired) electrons. The second kappa shape index (κ2) is 6.46. The summed E-state index contributed by atoms with van der Waals surface area (Å²) in [4.78, 5) is 0. The van der Waals surface area contributed by atoms with Crippen LogP contribution >= 0.6 is 0 Å². The van der Waals surface area contributed by atoms with Gasteiger partial charge in [-0.15, -0.1) is 0 Å². The highest BCUT2D eigenvalue weighted by atomic mass is 14.3. The van der Waals surface area contributed by atoms with Crippen LogP contribution in [0, 0.1) is 0 Å². The first-order valence-electron chi connectivity index (χ1n) is 10.2. The monoisotopic (exact) mass is 368 g/mol. The fraction of sp³-hybridized carbons (Fsp3) is 0.0345. The minimum absolute atomic E-state index is 0.913. The first-order chi connectivity index (χ1) is 14.4. The molecular formula is C29H20. The Morgan fingerprint density at radius 1 is 0.345 bits per heavy atom. The van der Waals surface area contributed by atoms with Crippen LogP contribution in [0.3, 0.4) is 0 Å². The summed E-state index contributed by atoms with van der Waals surface area (Å²) in [5.74, 6) is 0. The molecule has 0 heteroatoms. The molecule has 0 heterocycles. The van der Waals surface area contributed by atoms with Crippen LogP contribution in [0.25, 0.3) is 33.4 Å². The Balaban J connectivity index is 1.44. The van der Waals surface area contributed by atoms with Crippen LogP contribution in [-0.4, -0.2) is 0 Å². The van der Waals surface area contributed by atoms with Gasteiger partial charge in [-0.1, -0.05) is 109 Å². The third-order valence-electron chi connectivity index (χ3n) is 6.09. The van der Waals surface area contributed by atoms with Crippen molar-refractivity contribution in [2.75, 3.05) is 0 Å². The third-order valence-corrected chi connectivity index (χ3v) is 6.09. The summed E-state index contributed by atoms with van der Waals surface area (Å²) < 4.78 is 0. The molecular weight excluding hydrogens is 348 g/mol. The van der Waals surface area contributed by atoms with Crippen molar-refractivity contribution in [3.8, 4) is 22.3 Å². The van der Waals surface area contributed by atoms with Gasteiger partial charge in [-0.25, -0.2) is 0 Å². The molecule has 29 heavy (non-hydrogen) atoms. The highest BCUT2D eigenvalue weighted by Crippen LogP contribution is 2.46. The van der Waals surface area contributed by atoms with E-state index in [0.29, 0.717) is 0 Å². The van der Waals surface area contributed by atoms with E-state index in [2.05, 4.69) is 109 Å². The molecule has 6 rings (SSSR count). The maximum absolute atomic E-state index is 2.39. The molecule has 136 valence electrons. The van der Waals surface area contributed by atoms with Crippen LogP contribution in [0.15, 0.2) is 109 Å². The first kappa shape index (κ1) is 16.3. The molecule has 0 atom stereocenters. The molecule has 2 aliphatic rings. The molecule has 0 spiro atoms. The number of hydrogen-bond donors (Lipinski definition) is 0. The molecule has 0 bridgehead atoms. The van der Waals surface area contributed by atoms with Crippen molar-refractivity contribution in [3.05, 3.63) is 131 Å². The second-order valence-corrected chi connectivity index (χ2v) is 7.65. The Morgan fingerprint density at radius 3 is 0.862 bits per heavy atom. The molecule has 0 saturated heterocycles. The van der Waals surface area contributed by atoms with E-state index in [-0.39, 0.29) is 0 Å². The van der Waals surface area contributed by atoms with Crippen molar-refractivity contribution in [1.29, 1.82) is 0 Å². The summed E-state index contributed by atoms with van der Waals surface area (Å²) in [5.41, 5.74) is 13.5. The summed E-state index contributed by atoms with van der Waals surface area (Å²) in [5, 5.41) is 0. The molecule has 0 aromatic heterocycles. The topological polar surface area (TPSA) is 0 Å². The first-order valence-corrected chi connectivity index (χ1v) is 10.2. The zero-order valence-corrected chi connectivity index (χ0v) is 16.1. The maximum atomic E-state index is 2.39. The molecule has 0 aliphatic heterocycles. The number of allylic oxidation sites excluding steroid dienone is 2. The van der Waals surface area contributed by atoms with Crippen molar-refractivity contribution < 1.29 is 0 Å². The molecule has 0 amide bonds. The van der Waals surface area contributed by atoms with Gasteiger partial charge in [0.05, 0.1) is 0 Å². The van der Waals surface area contributed by atoms with E-state index in [1.54, 1.807) is 0 Å². The largest absolute Gasteiger partial charge is 0.0722 e. The zero-order chi connectivity index (χ0) is 19.2. The number of hydrogen-bond acceptors (Lipinski definition) is 0. The lowest BCUT2D eigenvalue weighted by Crippen LogP contribution is -1.83. The highest BCUT2D eigenvalue weighted by Gasteiger charge is 2.23. The summed E-state index contributed by atoms with van der Waals surface area (Å²) in [6.07, 6.45) is 5.69. The Hall–Kier alpha value is -3.64. The Morgan fingerprint density at radius 2 is 0.586 bits per heavy atom. The van der Waals surface area contributed by atoms with E-state index < -0.39 is 0 Å². The van der Waals surface area contributed by atoms with Gasteiger partial charge in [-0.3, -0.25) is 0 Å². The van der Waals surface area contributed by atoms with Crippen molar-refractivity contribution in [2.24, 2.45) is 0 Å². The predicted molar refractivity (Wildman–Crippen MR) is 123 cm³/mol. The van der Waals surface area contributed by atoms with Gasteiger partial charge >= 0.3 is 0 Å². The lowest BCUT2D eigenvalue weighted by molar-refractivity contribution is 1.39. The smallest absolute Gasteiger partial charge is 0.00991 e. The normalized spacial score (nSPS) is 12.8. The van der Waals surface area contributed by atoms with Gasteiger partial charge in [0.2, 0.25) is 0 Å². The van der Waals surface area contributed by atoms with Crippen LogP contribution in [0.1, 0.15) is 28.7 Å². The van der Waals surface area contributed by atoms with Crippen molar-refractivity contribution >= 4 is 11.1 Å². The molecule has 0 unspecified atom stereocenters. The summed E-state index contributed by atoms with van der Waals surface area (Å²) in [7, 11) is 0. The standard InChI is InChI=1S/C29H20/c1-5-14-24-20(10-1)21-11-2-6-15-25(21)28(24)18-9-19-29-26-16-7-3-12-22(26)23-13-4-8-17-27(23)29/h1-8,10-19H,9H2. The van der Waals surface area contributed by atoms with Gasteiger partial charge in [-0.2, -0.15) is 0 Å². The van der Waals surface area contributed by atoms with Gasteiger partial charge in [0.25, 0.3) is 0 Å². The zero-order valence-electron chi connectivity index (χ0n) is 16.1. The van der Waals surface area contributed by atoms with E-state index in [1.807, 2.05) is 0 Å². The Bertz CT molecular complexity index is 1120. The number of benzene rings is 4. The molecule has 0 fully saturated rings. The molecule has 0 nitrogen and oxygen atoms in total. The molecule has 0 N–H and O–H groups in total. The minimum Gasteiger partial charge on any atom is -0.0722 e. The molecule has 0 saturated carbocycles. The third kappa shape index (κ3) is 2.46. The second-order valence-electron chi connectivity index (χ2n) is 7.65. The van der Waals surface area contributed by atoms with Crippen molar-refractivity contribution in [2.45, 2.75) is 6.42 Å².